The maximum absolute atomic E-state index is 12.8. The highest BCUT2D eigenvalue weighted by molar-refractivity contribution is 5.82. The molecular weight excluding hydrogens is 374 g/mol. The van der Waals surface area contributed by atoms with E-state index in [9.17, 15) is 9.59 Å². The minimum absolute atomic E-state index is 0.00756. The molecule has 0 spiro atoms. The zero-order valence-electron chi connectivity index (χ0n) is 18.1. The number of hydrogen-bond acceptors (Lipinski definition) is 6. The van der Waals surface area contributed by atoms with E-state index in [1.165, 1.54) is 7.11 Å². The van der Waals surface area contributed by atoms with Crippen LogP contribution in [0.4, 0.5) is 0 Å². The van der Waals surface area contributed by atoms with Crippen LogP contribution in [0.5, 0.6) is 11.5 Å². The third-order valence-corrected chi connectivity index (χ3v) is 5.18. The van der Waals surface area contributed by atoms with Crippen LogP contribution in [0.1, 0.15) is 17.9 Å². The largest absolute Gasteiger partial charge is 0.493 e. The molecule has 1 aromatic rings. The van der Waals surface area contributed by atoms with E-state index in [1.54, 1.807) is 19.1 Å². The lowest BCUT2D eigenvalue weighted by Crippen LogP contribution is -2.49. The second-order valence-electron chi connectivity index (χ2n) is 7.57. The number of carbonyl (C=O) groups is 2. The zero-order valence-corrected chi connectivity index (χ0v) is 18.1. The molecule has 0 bridgehead atoms. The maximum Gasteiger partial charge on any atom is 0.248 e. The quantitative estimate of drug-likeness (QED) is 0.657. The van der Waals surface area contributed by atoms with E-state index in [0.29, 0.717) is 37.6 Å². The van der Waals surface area contributed by atoms with Gasteiger partial charge in [0.1, 0.15) is 6.61 Å². The molecule has 8 nitrogen and oxygen atoms in total. The summed E-state index contributed by atoms with van der Waals surface area (Å²) in [6.07, 6.45) is 0.667. The van der Waals surface area contributed by atoms with Crippen molar-refractivity contribution in [1.82, 2.24) is 15.1 Å². The predicted octanol–water partition coefficient (Wildman–Crippen LogP) is 0.960. The summed E-state index contributed by atoms with van der Waals surface area (Å²) < 4.78 is 15.8. The van der Waals surface area contributed by atoms with Gasteiger partial charge in [0.15, 0.2) is 11.5 Å². The first-order valence-electron chi connectivity index (χ1n) is 9.80. The maximum atomic E-state index is 12.8. The minimum Gasteiger partial charge on any atom is -0.493 e. The van der Waals surface area contributed by atoms with Crippen molar-refractivity contribution in [3.8, 4) is 11.5 Å². The molecule has 1 N–H and O–H groups in total. The fourth-order valence-corrected chi connectivity index (χ4v) is 3.60. The van der Waals surface area contributed by atoms with Crippen molar-refractivity contribution in [2.75, 3.05) is 68.2 Å². The van der Waals surface area contributed by atoms with Crippen molar-refractivity contribution in [3.63, 3.8) is 0 Å². The van der Waals surface area contributed by atoms with Gasteiger partial charge < -0.3 is 29.3 Å². The molecule has 0 aliphatic carbocycles. The van der Waals surface area contributed by atoms with Crippen LogP contribution in [-0.2, 0) is 14.3 Å². The Morgan fingerprint density at radius 1 is 1.14 bits per heavy atom. The smallest absolute Gasteiger partial charge is 0.248 e. The summed E-state index contributed by atoms with van der Waals surface area (Å²) >= 11 is 0. The molecule has 1 aliphatic heterocycles. The van der Waals surface area contributed by atoms with Crippen LogP contribution in [0, 0.1) is 5.92 Å². The van der Waals surface area contributed by atoms with Gasteiger partial charge >= 0.3 is 0 Å². The summed E-state index contributed by atoms with van der Waals surface area (Å²) in [5.74, 6) is 0.907. The molecule has 2 amide bonds. The molecule has 162 valence electrons. The van der Waals surface area contributed by atoms with Crippen LogP contribution in [0.2, 0.25) is 0 Å². The molecule has 1 fully saturated rings. The first kappa shape index (κ1) is 23.0. The van der Waals surface area contributed by atoms with Gasteiger partial charge in [0.25, 0.3) is 0 Å². The van der Waals surface area contributed by atoms with Crippen LogP contribution in [0.25, 0.3) is 0 Å². The Morgan fingerprint density at radius 2 is 1.86 bits per heavy atom. The van der Waals surface area contributed by atoms with Crippen LogP contribution < -0.4 is 14.8 Å². The van der Waals surface area contributed by atoms with Gasteiger partial charge in [-0.25, -0.2) is 0 Å². The number of nitrogens with zero attached hydrogens (tertiary/aromatic N) is 2. The highest BCUT2D eigenvalue weighted by atomic mass is 16.5. The first-order chi connectivity index (χ1) is 13.9. The topological polar surface area (TPSA) is 80.3 Å². The molecule has 0 radical (unpaired) electrons. The Bertz CT molecular complexity index is 695. The SMILES string of the molecule is COCC(=O)N1CC(C(=O)NCCN(C)C)CC(c2ccc(OC)c(OC)c2)C1. The van der Waals surface area contributed by atoms with E-state index >= 15 is 0 Å². The standard InChI is InChI=1S/C21H33N3O5/c1-23(2)9-8-22-21(26)17-10-16(12-24(13-17)20(25)14-27-3)15-6-7-18(28-4)19(11-15)29-5/h6-7,11,16-17H,8-10,12-14H2,1-5H3,(H,22,26). The van der Waals surface area contributed by atoms with Crippen molar-refractivity contribution in [1.29, 1.82) is 0 Å². The molecule has 1 heterocycles. The summed E-state index contributed by atoms with van der Waals surface area (Å²) in [6.45, 7) is 2.30. The van der Waals surface area contributed by atoms with Gasteiger partial charge in [-0.05, 0) is 38.2 Å². The summed E-state index contributed by atoms with van der Waals surface area (Å²) in [5, 5.41) is 2.99. The highest BCUT2D eigenvalue weighted by Gasteiger charge is 2.34. The Hall–Kier alpha value is -2.32. The van der Waals surface area contributed by atoms with Gasteiger partial charge in [0.05, 0.1) is 20.1 Å². The van der Waals surface area contributed by atoms with E-state index in [1.807, 2.05) is 37.2 Å². The van der Waals surface area contributed by atoms with Crippen molar-refractivity contribution in [2.24, 2.45) is 5.92 Å². The number of benzene rings is 1. The molecule has 1 aliphatic rings. The van der Waals surface area contributed by atoms with E-state index < -0.39 is 0 Å². The third kappa shape index (κ3) is 6.33. The molecular formula is C21H33N3O5. The fourth-order valence-electron chi connectivity index (χ4n) is 3.60. The molecule has 2 rings (SSSR count). The lowest BCUT2D eigenvalue weighted by Gasteiger charge is -2.37. The number of nitrogens with one attached hydrogen (secondary N) is 1. The van der Waals surface area contributed by atoms with Crippen molar-refractivity contribution >= 4 is 11.8 Å². The molecule has 2 unspecified atom stereocenters. The minimum atomic E-state index is -0.273. The third-order valence-electron chi connectivity index (χ3n) is 5.18. The number of hydrogen-bond donors (Lipinski definition) is 1. The van der Waals surface area contributed by atoms with E-state index in [4.69, 9.17) is 14.2 Å². The first-order valence-corrected chi connectivity index (χ1v) is 9.80. The Balaban J connectivity index is 2.19. The average molecular weight is 408 g/mol. The van der Waals surface area contributed by atoms with E-state index in [2.05, 4.69) is 5.32 Å². The van der Waals surface area contributed by atoms with Gasteiger partial charge in [0.2, 0.25) is 11.8 Å². The molecule has 0 aromatic heterocycles. The van der Waals surface area contributed by atoms with Crippen molar-refractivity contribution in [2.45, 2.75) is 12.3 Å². The second-order valence-corrected chi connectivity index (χ2v) is 7.57. The van der Waals surface area contributed by atoms with E-state index in [-0.39, 0.29) is 30.3 Å². The molecule has 29 heavy (non-hydrogen) atoms. The molecule has 1 saturated heterocycles. The Labute approximate surface area is 173 Å². The summed E-state index contributed by atoms with van der Waals surface area (Å²) in [4.78, 5) is 29.0. The lowest BCUT2D eigenvalue weighted by atomic mass is 9.83. The Kier molecular flexibility index (Phi) is 8.72. The second kappa shape index (κ2) is 11.0. The number of likely N-dealkylation sites (tertiary alicyclic amines) is 1. The van der Waals surface area contributed by atoms with Crippen LogP contribution in [-0.4, -0.2) is 89.8 Å². The number of piperidine rings is 1. The lowest BCUT2D eigenvalue weighted by molar-refractivity contribution is -0.139. The monoisotopic (exact) mass is 407 g/mol. The highest BCUT2D eigenvalue weighted by Crippen LogP contribution is 2.35. The van der Waals surface area contributed by atoms with Gasteiger partial charge in [-0.15, -0.1) is 0 Å². The van der Waals surface area contributed by atoms with Crippen LogP contribution in [0.15, 0.2) is 18.2 Å². The van der Waals surface area contributed by atoms with E-state index in [0.717, 1.165) is 12.1 Å². The van der Waals surface area contributed by atoms with Crippen molar-refractivity contribution < 1.29 is 23.8 Å². The van der Waals surface area contributed by atoms with Gasteiger partial charge in [-0.2, -0.15) is 0 Å². The molecule has 2 atom stereocenters. The zero-order chi connectivity index (χ0) is 21.4. The average Bonchev–Trinajstić information content (AvgIpc) is 2.72. The van der Waals surface area contributed by atoms with Crippen LogP contribution in [0.3, 0.4) is 0 Å². The number of rotatable bonds is 9. The predicted molar refractivity (Wildman–Crippen MR) is 110 cm³/mol. The van der Waals surface area contributed by atoms with Crippen molar-refractivity contribution in [3.05, 3.63) is 23.8 Å². The van der Waals surface area contributed by atoms with Gasteiger partial charge in [0, 0.05) is 39.2 Å². The fraction of sp³-hybridized carbons (Fsp3) is 0.619. The normalized spacial score (nSPS) is 19.2. The number of carbonyl (C=O) groups excluding carboxylic acids is 2. The summed E-state index contributed by atoms with van der Waals surface area (Å²) in [6, 6.07) is 5.75. The summed E-state index contributed by atoms with van der Waals surface area (Å²) in [7, 11) is 8.62. The molecule has 0 saturated carbocycles. The van der Waals surface area contributed by atoms with Crippen LogP contribution >= 0.6 is 0 Å². The number of ether oxygens (including phenoxy) is 3. The molecule has 1 aromatic carbocycles. The number of likely N-dealkylation sites (N-methyl/N-ethyl adjacent to an activating group) is 1. The summed E-state index contributed by atoms with van der Waals surface area (Å²) in [5.41, 5.74) is 1.02. The number of methoxy groups -OCH3 is 3. The number of amides is 2. The van der Waals surface area contributed by atoms with Gasteiger partial charge in [-0.3, -0.25) is 9.59 Å². The van der Waals surface area contributed by atoms with Gasteiger partial charge in [-0.1, -0.05) is 6.07 Å². The molecule has 8 heteroatoms. The Morgan fingerprint density at radius 3 is 2.48 bits per heavy atom.